The molecule has 0 bridgehead atoms. The number of aromatic nitrogens is 3. The average molecular weight is 419 g/mol. The second-order valence-corrected chi connectivity index (χ2v) is 7.69. The van der Waals surface area contributed by atoms with Gasteiger partial charge >= 0.3 is 6.30 Å². The smallest absolute Gasteiger partial charge is 0.440 e. The van der Waals surface area contributed by atoms with E-state index in [1.54, 1.807) is 31.4 Å². The van der Waals surface area contributed by atoms with Gasteiger partial charge in [-0.2, -0.15) is 9.78 Å². The molecule has 0 unspecified atom stereocenters. The van der Waals surface area contributed by atoms with Crippen LogP contribution in [0.3, 0.4) is 0 Å². The Labute approximate surface area is 172 Å². The maximum Gasteiger partial charge on any atom is 0.505 e. The van der Waals surface area contributed by atoms with E-state index >= 15 is 0 Å². The molecule has 0 saturated heterocycles. The highest BCUT2D eigenvalue weighted by Crippen LogP contribution is 2.40. The van der Waals surface area contributed by atoms with Crippen LogP contribution in [-0.4, -0.2) is 21.9 Å². The summed E-state index contributed by atoms with van der Waals surface area (Å²) in [6.45, 7) is 1.84. The van der Waals surface area contributed by atoms with Crippen molar-refractivity contribution in [2.75, 3.05) is 7.11 Å². The molecule has 3 aromatic rings. The van der Waals surface area contributed by atoms with Gasteiger partial charge in [0.2, 0.25) is 5.89 Å². The Bertz CT molecular complexity index is 1020. The van der Waals surface area contributed by atoms with Gasteiger partial charge in [-0.25, -0.2) is 4.98 Å². The van der Waals surface area contributed by atoms with E-state index in [0.717, 1.165) is 37.1 Å². The van der Waals surface area contributed by atoms with Crippen molar-refractivity contribution in [1.29, 1.82) is 0 Å². The van der Waals surface area contributed by atoms with Gasteiger partial charge in [-0.15, -0.1) is 13.2 Å². The maximum atomic E-state index is 13.5. The number of nitrogens with zero attached hydrogens (tertiary/aromatic N) is 3. The van der Waals surface area contributed by atoms with Gasteiger partial charge in [0.1, 0.15) is 11.5 Å². The van der Waals surface area contributed by atoms with Crippen LogP contribution in [0.15, 0.2) is 34.7 Å². The lowest BCUT2D eigenvalue weighted by Gasteiger charge is -2.20. The predicted molar refractivity (Wildman–Crippen MR) is 106 cm³/mol. The highest BCUT2D eigenvalue weighted by molar-refractivity contribution is 5.78. The molecule has 1 fully saturated rings. The van der Waals surface area contributed by atoms with Gasteiger partial charge in [-0.3, -0.25) is 0 Å². The van der Waals surface area contributed by atoms with Crippen LogP contribution in [0, 0.1) is 6.92 Å². The number of halogens is 3. The van der Waals surface area contributed by atoms with E-state index in [-0.39, 0.29) is 22.0 Å². The van der Waals surface area contributed by atoms with E-state index < -0.39 is 6.30 Å². The molecule has 4 rings (SSSR count). The van der Waals surface area contributed by atoms with Crippen LogP contribution in [0.1, 0.15) is 55.2 Å². The molecule has 1 aliphatic rings. The molecule has 0 aliphatic heterocycles. The van der Waals surface area contributed by atoms with Crippen LogP contribution in [-0.2, 0) is 17.6 Å². The summed E-state index contributed by atoms with van der Waals surface area (Å²) in [4.78, 5) is 4.63. The van der Waals surface area contributed by atoms with Gasteiger partial charge < -0.3 is 9.15 Å². The zero-order chi connectivity index (χ0) is 21.3. The number of alkyl halides is 3. The first kappa shape index (κ1) is 20.7. The van der Waals surface area contributed by atoms with Crippen LogP contribution in [0.25, 0.3) is 22.7 Å². The van der Waals surface area contributed by atoms with Crippen LogP contribution in [0.5, 0.6) is 0 Å². The van der Waals surface area contributed by atoms with E-state index in [0.29, 0.717) is 23.6 Å². The van der Waals surface area contributed by atoms with Gasteiger partial charge in [0.05, 0.1) is 18.0 Å². The summed E-state index contributed by atoms with van der Waals surface area (Å²) in [5, 5.41) is 3.64. The molecule has 2 aromatic heterocycles. The molecule has 30 heavy (non-hydrogen) atoms. The molecular formula is C22H24F3N3O2. The topological polar surface area (TPSA) is 53.1 Å². The molecular weight excluding hydrogens is 395 g/mol. The predicted octanol–water partition coefficient (Wildman–Crippen LogP) is 6.18. The van der Waals surface area contributed by atoms with Crippen LogP contribution in [0.4, 0.5) is 13.2 Å². The van der Waals surface area contributed by atoms with Crippen molar-refractivity contribution in [2.45, 2.75) is 57.9 Å². The zero-order valence-electron chi connectivity index (χ0n) is 17.0. The van der Waals surface area contributed by atoms with Gasteiger partial charge in [-0.1, -0.05) is 37.5 Å². The number of benzene rings is 1. The first-order chi connectivity index (χ1) is 14.4. The summed E-state index contributed by atoms with van der Waals surface area (Å²) in [6, 6.07) is 8.25. The highest BCUT2D eigenvalue weighted by Gasteiger charge is 2.35. The fraction of sp³-hybridized carbons (Fsp3) is 0.455. The largest absolute Gasteiger partial charge is 0.505 e. The Hall–Kier alpha value is -2.61. The summed E-state index contributed by atoms with van der Waals surface area (Å²) in [5.74, 6) is 1.37. The van der Waals surface area contributed by atoms with Crippen molar-refractivity contribution in [1.82, 2.24) is 14.8 Å². The lowest BCUT2D eigenvalue weighted by Crippen LogP contribution is -2.19. The normalized spacial score (nSPS) is 15.6. The van der Waals surface area contributed by atoms with Gasteiger partial charge in [0.15, 0.2) is 0 Å². The summed E-state index contributed by atoms with van der Waals surface area (Å²) in [7, 11) is 1.59. The number of rotatable bonds is 5. The van der Waals surface area contributed by atoms with E-state index in [2.05, 4.69) is 10.1 Å². The van der Waals surface area contributed by atoms with Gasteiger partial charge in [0.25, 0.3) is 0 Å². The number of methoxy groups -OCH3 is 1. The third-order valence-corrected chi connectivity index (χ3v) is 5.49. The molecule has 0 atom stereocenters. The molecule has 8 heteroatoms. The van der Waals surface area contributed by atoms with E-state index in [9.17, 15) is 13.2 Å². The van der Waals surface area contributed by atoms with E-state index in [1.165, 1.54) is 19.4 Å². The maximum absolute atomic E-state index is 13.5. The third kappa shape index (κ3) is 4.01. The first-order valence-electron chi connectivity index (χ1n) is 10.1. The molecule has 0 N–H and O–H groups in total. The minimum absolute atomic E-state index is 0.0405. The van der Waals surface area contributed by atoms with Crippen molar-refractivity contribution < 1.29 is 22.3 Å². The van der Waals surface area contributed by atoms with Crippen molar-refractivity contribution in [3.05, 3.63) is 47.5 Å². The third-order valence-electron chi connectivity index (χ3n) is 5.49. The molecule has 0 amide bonds. The first-order valence-corrected chi connectivity index (χ1v) is 10.1. The fourth-order valence-corrected chi connectivity index (χ4v) is 4.18. The summed E-state index contributed by atoms with van der Waals surface area (Å²) < 4.78 is 52.2. The average Bonchev–Trinajstić information content (AvgIpc) is 3.33. The van der Waals surface area contributed by atoms with Gasteiger partial charge in [-0.05, 0) is 31.9 Å². The SMILES string of the molecule is COCc1nc(-c2ccccc2-c2cc(C)nn2C(F)(F)F)oc1C1CCCCC1. The molecule has 160 valence electrons. The van der Waals surface area contributed by atoms with Gasteiger partial charge in [0, 0.05) is 24.2 Å². The number of hydrogen-bond acceptors (Lipinski definition) is 4. The second-order valence-electron chi connectivity index (χ2n) is 7.69. The number of hydrogen-bond donors (Lipinski definition) is 0. The van der Waals surface area contributed by atoms with E-state index in [1.807, 2.05) is 0 Å². The molecule has 0 radical (unpaired) electrons. The number of ether oxygens (including phenoxy) is 1. The number of aryl methyl sites for hydroxylation is 1. The van der Waals surface area contributed by atoms with Crippen molar-refractivity contribution in [2.24, 2.45) is 0 Å². The standard InChI is InChI=1S/C22H24F3N3O2/c1-14-12-19(28(27-14)22(23,24)25)16-10-6-7-11-17(16)21-26-18(13-29-2)20(30-21)15-8-4-3-5-9-15/h6-7,10-12,15H,3-5,8-9,13H2,1-2H3. The Morgan fingerprint density at radius 1 is 1.13 bits per heavy atom. The van der Waals surface area contributed by atoms with Crippen LogP contribution < -0.4 is 0 Å². The molecule has 0 spiro atoms. The van der Waals surface area contributed by atoms with Crippen molar-refractivity contribution >= 4 is 0 Å². The number of oxazole rings is 1. The molecule has 1 saturated carbocycles. The van der Waals surface area contributed by atoms with Crippen molar-refractivity contribution in [3.63, 3.8) is 0 Å². The summed E-state index contributed by atoms with van der Waals surface area (Å²) in [6.07, 6.45) is 0.893. The van der Waals surface area contributed by atoms with Crippen LogP contribution in [0.2, 0.25) is 0 Å². The van der Waals surface area contributed by atoms with Crippen molar-refractivity contribution in [3.8, 4) is 22.7 Å². The summed E-state index contributed by atoms with van der Waals surface area (Å²) >= 11 is 0. The quantitative estimate of drug-likeness (QED) is 0.495. The molecule has 1 aliphatic carbocycles. The molecule has 5 nitrogen and oxygen atoms in total. The minimum Gasteiger partial charge on any atom is -0.440 e. The Morgan fingerprint density at radius 3 is 2.50 bits per heavy atom. The fourth-order valence-electron chi connectivity index (χ4n) is 4.18. The minimum atomic E-state index is -4.62. The highest BCUT2D eigenvalue weighted by atomic mass is 19.4. The Morgan fingerprint density at radius 2 is 1.83 bits per heavy atom. The van der Waals surface area contributed by atoms with Crippen LogP contribution >= 0.6 is 0 Å². The Kier molecular flexibility index (Phi) is 5.69. The zero-order valence-corrected chi connectivity index (χ0v) is 17.0. The monoisotopic (exact) mass is 419 g/mol. The Balaban J connectivity index is 1.82. The second kappa shape index (κ2) is 8.26. The lowest BCUT2D eigenvalue weighted by molar-refractivity contribution is -0.211. The lowest BCUT2D eigenvalue weighted by atomic mass is 9.87. The molecule has 2 heterocycles. The summed E-state index contributed by atoms with van der Waals surface area (Å²) in [5.41, 5.74) is 1.83. The van der Waals surface area contributed by atoms with E-state index in [4.69, 9.17) is 9.15 Å². The molecule has 1 aromatic carbocycles.